The molecule has 0 aromatic heterocycles. The van der Waals surface area contributed by atoms with Crippen LogP contribution in [0.1, 0.15) is 6.42 Å². The van der Waals surface area contributed by atoms with Gasteiger partial charge in [0.15, 0.2) is 0 Å². The number of nitrogens with zero attached hydrogens (tertiary/aromatic N) is 2. The fourth-order valence-electron chi connectivity index (χ4n) is 2.40. The largest absolute Gasteiger partial charge is 0.399 e. The number of amides is 1. The van der Waals surface area contributed by atoms with Gasteiger partial charge in [0.2, 0.25) is 5.91 Å². The minimum atomic E-state index is 0.00915. The average molecular weight is 341 g/mol. The van der Waals surface area contributed by atoms with Gasteiger partial charge in [0, 0.05) is 29.3 Å². The number of halogens is 1. The number of hydrogen-bond donors (Lipinski definition) is 2. The van der Waals surface area contributed by atoms with Gasteiger partial charge in [0.1, 0.15) is 0 Å². The second-order valence-corrected chi connectivity index (χ2v) is 6.28. The Bertz CT molecular complexity index is 492. The fourth-order valence-corrected chi connectivity index (χ4v) is 2.90. The van der Waals surface area contributed by atoms with Crippen molar-refractivity contribution in [2.24, 2.45) is 0 Å². The number of likely N-dealkylation sites (tertiary alicyclic amines) is 1. The SMILES string of the molecule is CN(C)C1CCN(CC(=O)Nc2ccc(N)cc2Br)C1. The molecule has 0 radical (unpaired) electrons. The van der Waals surface area contributed by atoms with Crippen LogP contribution in [0.4, 0.5) is 11.4 Å². The number of anilines is 2. The van der Waals surface area contributed by atoms with Gasteiger partial charge < -0.3 is 16.0 Å². The second-order valence-electron chi connectivity index (χ2n) is 5.43. The van der Waals surface area contributed by atoms with Crippen LogP contribution in [-0.2, 0) is 4.79 Å². The van der Waals surface area contributed by atoms with E-state index < -0.39 is 0 Å². The van der Waals surface area contributed by atoms with Crippen LogP contribution in [0.3, 0.4) is 0 Å². The Morgan fingerprint density at radius 1 is 1.55 bits per heavy atom. The summed E-state index contributed by atoms with van der Waals surface area (Å²) in [6.07, 6.45) is 1.12. The first kappa shape index (κ1) is 15.3. The number of nitrogen functional groups attached to an aromatic ring is 1. The first-order chi connectivity index (χ1) is 9.45. The standard InChI is InChI=1S/C14H21BrN4O/c1-18(2)11-5-6-19(8-11)9-14(20)17-13-4-3-10(16)7-12(13)15/h3-4,7,11H,5-6,8-9,16H2,1-2H3,(H,17,20). The van der Waals surface area contributed by atoms with Crippen LogP contribution >= 0.6 is 15.9 Å². The van der Waals surface area contributed by atoms with Gasteiger partial charge in [-0.1, -0.05) is 0 Å². The first-order valence-corrected chi connectivity index (χ1v) is 7.48. The van der Waals surface area contributed by atoms with Gasteiger partial charge in [-0.2, -0.15) is 0 Å². The lowest BCUT2D eigenvalue weighted by Crippen LogP contribution is -2.35. The van der Waals surface area contributed by atoms with Crippen molar-refractivity contribution in [1.82, 2.24) is 9.80 Å². The van der Waals surface area contributed by atoms with E-state index in [1.54, 1.807) is 12.1 Å². The maximum Gasteiger partial charge on any atom is 0.238 e. The highest BCUT2D eigenvalue weighted by atomic mass is 79.9. The molecule has 3 N–H and O–H groups in total. The molecule has 1 amide bonds. The van der Waals surface area contributed by atoms with Gasteiger partial charge in [-0.3, -0.25) is 9.69 Å². The molecule has 6 heteroatoms. The second kappa shape index (κ2) is 6.56. The molecule has 0 aliphatic carbocycles. The van der Waals surface area contributed by atoms with Crippen molar-refractivity contribution in [3.8, 4) is 0 Å². The van der Waals surface area contributed by atoms with Gasteiger partial charge in [0.25, 0.3) is 0 Å². The zero-order chi connectivity index (χ0) is 14.7. The predicted octanol–water partition coefficient (Wildman–Crippen LogP) is 1.61. The van der Waals surface area contributed by atoms with E-state index in [4.69, 9.17) is 5.73 Å². The van der Waals surface area contributed by atoms with Crippen molar-refractivity contribution in [1.29, 1.82) is 0 Å². The van der Waals surface area contributed by atoms with E-state index in [9.17, 15) is 4.79 Å². The molecule has 5 nitrogen and oxygen atoms in total. The molecule has 0 bridgehead atoms. The van der Waals surface area contributed by atoms with Crippen molar-refractivity contribution in [2.45, 2.75) is 12.5 Å². The molecular weight excluding hydrogens is 320 g/mol. The smallest absolute Gasteiger partial charge is 0.238 e. The number of nitrogens with one attached hydrogen (secondary N) is 1. The van der Waals surface area contributed by atoms with E-state index in [1.807, 2.05) is 6.07 Å². The molecule has 1 fully saturated rings. The van der Waals surface area contributed by atoms with Crippen LogP contribution < -0.4 is 11.1 Å². The lowest BCUT2D eigenvalue weighted by Gasteiger charge is -2.20. The number of benzene rings is 1. The van der Waals surface area contributed by atoms with Crippen LogP contribution in [0.2, 0.25) is 0 Å². The van der Waals surface area contributed by atoms with Crippen LogP contribution in [-0.4, -0.2) is 55.5 Å². The zero-order valence-electron chi connectivity index (χ0n) is 11.9. The molecule has 1 unspecified atom stereocenters. The number of nitrogens with two attached hydrogens (primary N) is 1. The van der Waals surface area contributed by atoms with Crippen molar-refractivity contribution in [3.05, 3.63) is 22.7 Å². The van der Waals surface area contributed by atoms with Crippen LogP contribution in [0.5, 0.6) is 0 Å². The third-order valence-corrected chi connectivity index (χ3v) is 4.27. The highest BCUT2D eigenvalue weighted by Gasteiger charge is 2.25. The normalized spacial score (nSPS) is 19.5. The Labute approximate surface area is 128 Å². The summed E-state index contributed by atoms with van der Waals surface area (Å²) >= 11 is 3.40. The fraction of sp³-hybridized carbons (Fsp3) is 0.500. The zero-order valence-corrected chi connectivity index (χ0v) is 13.5. The molecule has 1 aromatic rings. The summed E-state index contributed by atoms with van der Waals surface area (Å²) in [5, 5.41) is 2.91. The first-order valence-electron chi connectivity index (χ1n) is 6.69. The summed E-state index contributed by atoms with van der Waals surface area (Å²) in [7, 11) is 4.17. The van der Waals surface area contributed by atoms with Crippen LogP contribution in [0, 0.1) is 0 Å². The van der Waals surface area contributed by atoms with E-state index in [1.165, 1.54) is 0 Å². The molecule has 2 rings (SSSR count). The van der Waals surface area contributed by atoms with Crippen molar-refractivity contribution < 1.29 is 4.79 Å². The molecule has 1 aromatic carbocycles. The molecule has 1 heterocycles. The maximum absolute atomic E-state index is 12.1. The highest BCUT2D eigenvalue weighted by molar-refractivity contribution is 9.10. The number of rotatable bonds is 4. The van der Waals surface area contributed by atoms with Gasteiger partial charge in [0.05, 0.1) is 12.2 Å². The molecule has 0 spiro atoms. The number of carbonyl (C=O) groups excluding carboxylic acids is 1. The monoisotopic (exact) mass is 340 g/mol. The van der Waals surface area contributed by atoms with Crippen molar-refractivity contribution >= 4 is 33.2 Å². The molecule has 1 aliphatic rings. The summed E-state index contributed by atoms with van der Waals surface area (Å²) < 4.78 is 0.804. The predicted molar refractivity (Wildman–Crippen MR) is 85.7 cm³/mol. The maximum atomic E-state index is 12.1. The minimum Gasteiger partial charge on any atom is -0.399 e. The topological polar surface area (TPSA) is 61.6 Å². The molecule has 1 aliphatic heterocycles. The summed E-state index contributed by atoms with van der Waals surface area (Å²) in [4.78, 5) is 16.5. The third-order valence-electron chi connectivity index (χ3n) is 3.61. The molecule has 0 saturated carbocycles. The van der Waals surface area contributed by atoms with E-state index in [-0.39, 0.29) is 5.91 Å². The van der Waals surface area contributed by atoms with Crippen LogP contribution in [0.15, 0.2) is 22.7 Å². The van der Waals surface area contributed by atoms with E-state index >= 15 is 0 Å². The highest BCUT2D eigenvalue weighted by Crippen LogP contribution is 2.24. The van der Waals surface area contributed by atoms with Crippen molar-refractivity contribution in [2.75, 3.05) is 44.8 Å². The molecule has 110 valence electrons. The van der Waals surface area contributed by atoms with Gasteiger partial charge in [-0.25, -0.2) is 0 Å². The Kier molecular flexibility index (Phi) is 5.01. The Morgan fingerprint density at radius 2 is 2.30 bits per heavy atom. The Morgan fingerprint density at radius 3 is 2.90 bits per heavy atom. The average Bonchev–Trinajstić information content (AvgIpc) is 2.81. The lowest BCUT2D eigenvalue weighted by atomic mass is 10.2. The Hall–Kier alpha value is -1.11. The van der Waals surface area contributed by atoms with E-state index in [2.05, 4.69) is 45.1 Å². The van der Waals surface area contributed by atoms with Crippen molar-refractivity contribution in [3.63, 3.8) is 0 Å². The Balaban J connectivity index is 1.87. The molecule has 20 heavy (non-hydrogen) atoms. The van der Waals surface area contributed by atoms with Gasteiger partial charge in [-0.15, -0.1) is 0 Å². The number of hydrogen-bond acceptors (Lipinski definition) is 4. The third kappa shape index (κ3) is 3.94. The van der Waals surface area contributed by atoms with Gasteiger partial charge in [-0.05, 0) is 54.6 Å². The number of likely N-dealkylation sites (N-methyl/N-ethyl adjacent to an activating group) is 1. The van der Waals surface area contributed by atoms with Gasteiger partial charge >= 0.3 is 0 Å². The molecular formula is C14H21BrN4O. The quantitative estimate of drug-likeness (QED) is 0.817. The lowest BCUT2D eigenvalue weighted by molar-refractivity contribution is -0.117. The summed E-state index contributed by atoms with van der Waals surface area (Å²) in [6.45, 7) is 2.35. The number of carbonyl (C=O) groups is 1. The molecule has 1 atom stereocenters. The van der Waals surface area contributed by atoms with E-state index in [0.717, 1.165) is 29.7 Å². The van der Waals surface area contributed by atoms with E-state index in [0.29, 0.717) is 18.3 Å². The minimum absolute atomic E-state index is 0.00915. The van der Waals surface area contributed by atoms with Crippen LogP contribution in [0.25, 0.3) is 0 Å². The molecule has 1 saturated heterocycles. The summed E-state index contributed by atoms with van der Waals surface area (Å²) in [5.74, 6) is 0.00915. The summed E-state index contributed by atoms with van der Waals surface area (Å²) in [5.41, 5.74) is 7.11. The summed E-state index contributed by atoms with van der Waals surface area (Å²) in [6, 6.07) is 5.92.